The highest BCUT2D eigenvalue weighted by Gasteiger charge is 2.21. The number of hydrogen-bond donors (Lipinski definition) is 3. The van der Waals surface area contributed by atoms with Crippen molar-refractivity contribution in [3.8, 4) is 0 Å². The van der Waals surface area contributed by atoms with Gasteiger partial charge in [-0.2, -0.15) is 0 Å². The first-order valence-electron chi connectivity index (χ1n) is 5.89. The molecule has 0 radical (unpaired) electrons. The summed E-state index contributed by atoms with van der Waals surface area (Å²) in [6.45, 7) is 2.21. The first-order valence-corrected chi connectivity index (χ1v) is 5.89. The number of amides is 1. The number of nitrogens with one attached hydrogen (secondary N) is 2. The standard InChI is InChI=1S/C11H22N2O3/c1-12-11(15)4-5-13-6-10(14)8-16-7-9-2-3-9/h9-10,13-14H,2-8H2,1H3,(H,12,15). The van der Waals surface area contributed by atoms with E-state index >= 15 is 0 Å². The molecule has 16 heavy (non-hydrogen) atoms. The lowest BCUT2D eigenvalue weighted by Crippen LogP contribution is -2.33. The summed E-state index contributed by atoms with van der Waals surface area (Å²) >= 11 is 0. The van der Waals surface area contributed by atoms with Gasteiger partial charge >= 0.3 is 0 Å². The molecule has 1 aliphatic rings. The highest BCUT2D eigenvalue weighted by Crippen LogP contribution is 2.28. The van der Waals surface area contributed by atoms with Crippen LogP contribution in [0.15, 0.2) is 0 Å². The van der Waals surface area contributed by atoms with Crippen LogP contribution in [-0.4, -0.2) is 50.5 Å². The minimum Gasteiger partial charge on any atom is -0.389 e. The van der Waals surface area contributed by atoms with Gasteiger partial charge in [-0.15, -0.1) is 0 Å². The Bertz CT molecular complexity index is 207. The molecule has 0 heterocycles. The Morgan fingerprint density at radius 3 is 2.94 bits per heavy atom. The quantitative estimate of drug-likeness (QED) is 0.467. The van der Waals surface area contributed by atoms with E-state index in [2.05, 4.69) is 10.6 Å². The summed E-state index contributed by atoms with van der Waals surface area (Å²) < 4.78 is 5.35. The van der Waals surface area contributed by atoms with E-state index < -0.39 is 6.10 Å². The Hall–Kier alpha value is -0.650. The molecule has 1 rings (SSSR count). The van der Waals surface area contributed by atoms with E-state index in [1.807, 2.05) is 0 Å². The van der Waals surface area contributed by atoms with E-state index in [-0.39, 0.29) is 5.91 Å². The molecule has 94 valence electrons. The smallest absolute Gasteiger partial charge is 0.221 e. The average molecular weight is 230 g/mol. The maximum absolute atomic E-state index is 10.9. The van der Waals surface area contributed by atoms with Crippen LogP contribution in [0.4, 0.5) is 0 Å². The maximum atomic E-state index is 10.9. The number of aliphatic hydroxyl groups is 1. The number of carbonyl (C=O) groups is 1. The molecule has 0 aromatic rings. The van der Waals surface area contributed by atoms with Crippen LogP contribution in [0.5, 0.6) is 0 Å². The summed E-state index contributed by atoms with van der Waals surface area (Å²) in [4.78, 5) is 10.9. The van der Waals surface area contributed by atoms with Gasteiger partial charge in [-0.3, -0.25) is 4.79 Å². The highest BCUT2D eigenvalue weighted by molar-refractivity contribution is 5.75. The number of rotatable bonds is 9. The van der Waals surface area contributed by atoms with Crippen LogP contribution in [0.25, 0.3) is 0 Å². The van der Waals surface area contributed by atoms with E-state index in [9.17, 15) is 9.90 Å². The van der Waals surface area contributed by atoms with Gasteiger partial charge in [-0.25, -0.2) is 0 Å². The Kier molecular flexibility index (Phi) is 6.37. The lowest BCUT2D eigenvalue weighted by atomic mass is 10.3. The molecule has 1 atom stereocenters. The molecule has 0 spiro atoms. The molecule has 1 aliphatic carbocycles. The number of aliphatic hydroxyl groups excluding tert-OH is 1. The molecule has 0 bridgehead atoms. The minimum atomic E-state index is -0.483. The van der Waals surface area contributed by atoms with Crippen molar-refractivity contribution in [3.05, 3.63) is 0 Å². The van der Waals surface area contributed by atoms with Crippen molar-refractivity contribution < 1.29 is 14.6 Å². The molecule has 0 aromatic carbocycles. The molecule has 0 aliphatic heterocycles. The van der Waals surface area contributed by atoms with Gasteiger partial charge in [0.2, 0.25) is 5.91 Å². The topological polar surface area (TPSA) is 70.6 Å². The van der Waals surface area contributed by atoms with Crippen molar-refractivity contribution in [2.75, 3.05) is 33.4 Å². The van der Waals surface area contributed by atoms with Gasteiger partial charge in [-0.05, 0) is 18.8 Å². The molecule has 0 saturated heterocycles. The van der Waals surface area contributed by atoms with E-state index in [1.165, 1.54) is 12.8 Å². The Labute approximate surface area is 96.6 Å². The van der Waals surface area contributed by atoms with Crippen LogP contribution in [-0.2, 0) is 9.53 Å². The van der Waals surface area contributed by atoms with Crippen molar-refractivity contribution in [1.29, 1.82) is 0 Å². The average Bonchev–Trinajstić information content (AvgIpc) is 3.08. The second-order valence-corrected chi connectivity index (χ2v) is 4.26. The molecule has 1 unspecified atom stereocenters. The summed E-state index contributed by atoms with van der Waals surface area (Å²) in [5.74, 6) is 0.736. The molecular formula is C11H22N2O3. The van der Waals surface area contributed by atoms with E-state index in [1.54, 1.807) is 7.05 Å². The van der Waals surface area contributed by atoms with Gasteiger partial charge in [0.15, 0.2) is 0 Å². The second-order valence-electron chi connectivity index (χ2n) is 4.26. The fraction of sp³-hybridized carbons (Fsp3) is 0.909. The summed E-state index contributed by atoms with van der Waals surface area (Å²) in [6.07, 6.45) is 2.48. The van der Waals surface area contributed by atoms with Crippen LogP contribution in [0, 0.1) is 5.92 Å². The first kappa shape index (κ1) is 13.4. The number of carbonyl (C=O) groups excluding carboxylic acids is 1. The lowest BCUT2D eigenvalue weighted by molar-refractivity contribution is -0.120. The SMILES string of the molecule is CNC(=O)CCNCC(O)COCC1CC1. The van der Waals surface area contributed by atoms with E-state index in [0.29, 0.717) is 26.1 Å². The van der Waals surface area contributed by atoms with Gasteiger partial charge in [0, 0.05) is 33.2 Å². The van der Waals surface area contributed by atoms with Crippen molar-refractivity contribution in [2.45, 2.75) is 25.4 Å². The number of hydrogen-bond acceptors (Lipinski definition) is 4. The normalized spacial score (nSPS) is 17.1. The predicted molar refractivity (Wildman–Crippen MR) is 61.1 cm³/mol. The fourth-order valence-corrected chi connectivity index (χ4v) is 1.31. The molecule has 1 fully saturated rings. The van der Waals surface area contributed by atoms with Crippen LogP contribution >= 0.6 is 0 Å². The zero-order valence-corrected chi connectivity index (χ0v) is 9.87. The van der Waals surface area contributed by atoms with Crippen molar-refractivity contribution in [3.63, 3.8) is 0 Å². The van der Waals surface area contributed by atoms with Gasteiger partial charge in [0.1, 0.15) is 0 Å². The minimum absolute atomic E-state index is 0.00646. The third-order valence-corrected chi connectivity index (χ3v) is 2.55. The fourth-order valence-electron chi connectivity index (χ4n) is 1.31. The molecule has 0 aromatic heterocycles. The molecule has 1 saturated carbocycles. The first-order chi connectivity index (χ1) is 7.72. The van der Waals surface area contributed by atoms with Gasteiger partial charge < -0.3 is 20.5 Å². The zero-order chi connectivity index (χ0) is 11.8. The van der Waals surface area contributed by atoms with E-state index in [0.717, 1.165) is 12.5 Å². The summed E-state index contributed by atoms with van der Waals surface area (Å²) in [5.41, 5.74) is 0. The highest BCUT2D eigenvalue weighted by atomic mass is 16.5. The molecule has 5 nitrogen and oxygen atoms in total. The molecular weight excluding hydrogens is 208 g/mol. The summed E-state index contributed by atoms with van der Waals surface area (Å²) in [6, 6.07) is 0. The third-order valence-electron chi connectivity index (χ3n) is 2.55. The molecule has 1 amide bonds. The predicted octanol–water partition coefficient (Wildman–Crippen LogP) is -0.500. The third kappa shape index (κ3) is 6.76. The van der Waals surface area contributed by atoms with Crippen LogP contribution in [0.1, 0.15) is 19.3 Å². The van der Waals surface area contributed by atoms with Crippen molar-refractivity contribution >= 4 is 5.91 Å². The lowest BCUT2D eigenvalue weighted by Gasteiger charge is -2.11. The van der Waals surface area contributed by atoms with E-state index in [4.69, 9.17) is 4.74 Å². The van der Waals surface area contributed by atoms with Crippen molar-refractivity contribution in [2.24, 2.45) is 5.92 Å². The van der Waals surface area contributed by atoms with Gasteiger partial charge in [-0.1, -0.05) is 0 Å². The Balaban J connectivity index is 1.84. The zero-order valence-electron chi connectivity index (χ0n) is 9.87. The molecule has 5 heteroatoms. The Morgan fingerprint density at radius 1 is 1.56 bits per heavy atom. The number of ether oxygens (including phenoxy) is 1. The summed E-state index contributed by atoms with van der Waals surface area (Å²) in [5, 5.41) is 15.1. The Morgan fingerprint density at radius 2 is 2.31 bits per heavy atom. The van der Waals surface area contributed by atoms with Gasteiger partial charge in [0.25, 0.3) is 0 Å². The van der Waals surface area contributed by atoms with Crippen LogP contribution in [0.3, 0.4) is 0 Å². The monoisotopic (exact) mass is 230 g/mol. The maximum Gasteiger partial charge on any atom is 0.221 e. The summed E-state index contributed by atoms with van der Waals surface area (Å²) in [7, 11) is 1.61. The van der Waals surface area contributed by atoms with Gasteiger partial charge in [0.05, 0.1) is 12.7 Å². The van der Waals surface area contributed by atoms with Crippen LogP contribution in [0.2, 0.25) is 0 Å². The second kappa shape index (κ2) is 7.60. The van der Waals surface area contributed by atoms with Crippen LogP contribution < -0.4 is 10.6 Å². The van der Waals surface area contributed by atoms with Crippen molar-refractivity contribution in [1.82, 2.24) is 10.6 Å². The molecule has 3 N–H and O–H groups in total. The largest absolute Gasteiger partial charge is 0.389 e.